The normalized spacial score (nSPS) is 13.1. The Kier molecular flexibility index (Phi) is 5.75. The van der Waals surface area contributed by atoms with E-state index in [1.54, 1.807) is 28.8 Å². The van der Waals surface area contributed by atoms with Crippen LogP contribution in [0.15, 0.2) is 82.7 Å². The van der Waals surface area contributed by atoms with Crippen molar-refractivity contribution in [1.82, 2.24) is 9.55 Å². The summed E-state index contributed by atoms with van der Waals surface area (Å²) in [7, 11) is 0. The lowest BCUT2D eigenvalue weighted by atomic mass is 10.1. The van der Waals surface area contributed by atoms with Crippen molar-refractivity contribution in [3.63, 3.8) is 0 Å². The van der Waals surface area contributed by atoms with Crippen molar-refractivity contribution < 1.29 is 14.3 Å². The number of hydrogen-bond donors (Lipinski definition) is 1. The van der Waals surface area contributed by atoms with E-state index in [4.69, 9.17) is 14.5 Å². The van der Waals surface area contributed by atoms with Gasteiger partial charge in [0, 0.05) is 11.8 Å². The lowest BCUT2D eigenvalue weighted by molar-refractivity contribution is -0.113. The number of amides is 1. The molecule has 166 valence electrons. The van der Waals surface area contributed by atoms with Gasteiger partial charge in [-0.2, -0.15) is 0 Å². The molecule has 8 heteroatoms. The Balaban J connectivity index is 1.42. The first kappa shape index (κ1) is 21.1. The second-order valence-corrected chi connectivity index (χ2v) is 8.52. The number of ether oxygens (including phenoxy) is 2. The molecule has 1 aliphatic rings. The molecule has 0 spiro atoms. The second kappa shape index (κ2) is 8.99. The maximum atomic E-state index is 13.4. The van der Waals surface area contributed by atoms with Crippen molar-refractivity contribution >= 4 is 34.3 Å². The third-order valence-corrected chi connectivity index (χ3v) is 6.39. The van der Waals surface area contributed by atoms with Crippen LogP contribution in [0.5, 0.6) is 11.5 Å². The Morgan fingerprint density at radius 2 is 1.82 bits per heavy atom. The van der Waals surface area contributed by atoms with Gasteiger partial charge < -0.3 is 14.8 Å². The van der Waals surface area contributed by atoms with Gasteiger partial charge in [-0.05, 0) is 36.8 Å². The average molecular weight is 460 g/mol. The van der Waals surface area contributed by atoms with Crippen LogP contribution in [-0.4, -0.2) is 28.0 Å². The molecule has 5 rings (SSSR count). The third-order valence-electron chi connectivity index (χ3n) is 5.43. The van der Waals surface area contributed by atoms with Crippen LogP contribution >= 0.6 is 11.8 Å². The minimum Gasteiger partial charge on any atom is -0.454 e. The number of aromatic nitrogens is 2. The number of benzene rings is 3. The van der Waals surface area contributed by atoms with Crippen molar-refractivity contribution in [3.05, 3.63) is 88.7 Å². The minimum atomic E-state index is -0.241. The van der Waals surface area contributed by atoms with Gasteiger partial charge in [-0.3, -0.25) is 14.2 Å². The standard InChI is InChI=1S/C25H21N3O4S/c1-16(17-7-3-2-4-8-17)28-24(30)19-9-5-6-10-20(19)27-25(28)33-14-23(29)26-18-11-12-21-22(13-18)32-15-31-21/h2-13,16H,14-15H2,1H3,(H,26,29)/t16-/m1/s1. The van der Waals surface area contributed by atoms with Crippen molar-refractivity contribution in [1.29, 1.82) is 0 Å². The van der Waals surface area contributed by atoms with Gasteiger partial charge in [0.15, 0.2) is 16.7 Å². The summed E-state index contributed by atoms with van der Waals surface area (Å²) in [6, 6.07) is 22.1. The zero-order valence-electron chi connectivity index (χ0n) is 17.9. The molecule has 1 aromatic heterocycles. The van der Waals surface area contributed by atoms with Crippen LogP contribution in [-0.2, 0) is 4.79 Å². The second-order valence-electron chi connectivity index (χ2n) is 7.58. The number of carbonyl (C=O) groups is 1. The summed E-state index contributed by atoms with van der Waals surface area (Å²) in [6.07, 6.45) is 0. The van der Waals surface area contributed by atoms with E-state index in [0.29, 0.717) is 33.2 Å². The summed E-state index contributed by atoms with van der Waals surface area (Å²) < 4.78 is 12.3. The molecule has 0 aliphatic carbocycles. The van der Waals surface area contributed by atoms with Crippen LogP contribution in [0.1, 0.15) is 18.5 Å². The first-order chi connectivity index (χ1) is 16.1. The molecule has 0 unspecified atom stereocenters. The summed E-state index contributed by atoms with van der Waals surface area (Å²) in [5.41, 5.74) is 2.09. The number of anilines is 1. The monoisotopic (exact) mass is 459 g/mol. The fraction of sp³-hybridized carbons (Fsp3) is 0.160. The van der Waals surface area contributed by atoms with E-state index in [-0.39, 0.29) is 30.1 Å². The maximum absolute atomic E-state index is 13.4. The van der Waals surface area contributed by atoms with Crippen LogP contribution in [0.4, 0.5) is 5.69 Å². The SMILES string of the molecule is C[C@H](c1ccccc1)n1c(SCC(=O)Nc2ccc3c(c2)OCO3)nc2ccccc2c1=O. The smallest absolute Gasteiger partial charge is 0.262 e. The molecule has 0 saturated carbocycles. The number of nitrogens with zero attached hydrogens (tertiary/aromatic N) is 2. The molecule has 0 radical (unpaired) electrons. The molecular weight excluding hydrogens is 438 g/mol. The first-order valence-electron chi connectivity index (χ1n) is 10.5. The Labute approximate surface area is 194 Å². The number of thioether (sulfide) groups is 1. The number of nitrogens with one attached hydrogen (secondary N) is 1. The highest BCUT2D eigenvalue weighted by Gasteiger charge is 2.19. The Hall–Kier alpha value is -3.78. The van der Waals surface area contributed by atoms with Gasteiger partial charge >= 0.3 is 0 Å². The highest BCUT2D eigenvalue weighted by Crippen LogP contribution is 2.34. The zero-order valence-corrected chi connectivity index (χ0v) is 18.7. The third kappa shape index (κ3) is 4.29. The molecule has 33 heavy (non-hydrogen) atoms. The molecular formula is C25H21N3O4S. The van der Waals surface area contributed by atoms with Gasteiger partial charge in [0.25, 0.3) is 5.56 Å². The summed E-state index contributed by atoms with van der Waals surface area (Å²) in [5, 5.41) is 3.91. The number of carbonyl (C=O) groups excluding carboxylic acids is 1. The maximum Gasteiger partial charge on any atom is 0.262 e. The molecule has 0 bridgehead atoms. The van der Waals surface area contributed by atoms with Gasteiger partial charge in [-0.25, -0.2) is 4.98 Å². The number of para-hydroxylation sites is 1. The van der Waals surface area contributed by atoms with Crippen molar-refractivity contribution in [3.8, 4) is 11.5 Å². The molecule has 3 aromatic carbocycles. The van der Waals surface area contributed by atoms with Gasteiger partial charge in [0.1, 0.15) is 0 Å². The lowest BCUT2D eigenvalue weighted by Gasteiger charge is -2.20. The molecule has 2 heterocycles. The van der Waals surface area contributed by atoms with Gasteiger partial charge in [0.2, 0.25) is 12.7 Å². The van der Waals surface area contributed by atoms with E-state index in [1.807, 2.05) is 55.5 Å². The van der Waals surface area contributed by atoms with Gasteiger partial charge in [-0.15, -0.1) is 0 Å². The number of rotatable bonds is 6. The zero-order chi connectivity index (χ0) is 22.8. The van der Waals surface area contributed by atoms with E-state index < -0.39 is 0 Å². The van der Waals surface area contributed by atoms with Crippen molar-refractivity contribution in [2.24, 2.45) is 0 Å². The summed E-state index contributed by atoms with van der Waals surface area (Å²) in [6.45, 7) is 2.14. The summed E-state index contributed by atoms with van der Waals surface area (Å²) in [4.78, 5) is 30.8. The Morgan fingerprint density at radius 1 is 1.06 bits per heavy atom. The summed E-state index contributed by atoms with van der Waals surface area (Å²) in [5.74, 6) is 1.14. The van der Waals surface area contributed by atoms with Crippen molar-refractivity contribution in [2.45, 2.75) is 18.1 Å². The molecule has 1 amide bonds. The number of hydrogen-bond acceptors (Lipinski definition) is 6. The molecule has 4 aromatic rings. The first-order valence-corrected chi connectivity index (χ1v) is 11.5. The van der Waals surface area contributed by atoms with Crippen LogP contribution in [0.2, 0.25) is 0 Å². The van der Waals surface area contributed by atoms with E-state index in [0.717, 1.165) is 5.56 Å². The molecule has 1 N–H and O–H groups in total. The van der Waals surface area contributed by atoms with Crippen LogP contribution < -0.4 is 20.3 Å². The molecule has 1 aliphatic heterocycles. The van der Waals surface area contributed by atoms with Crippen LogP contribution in [0.3, 0.4) is 0 Å². The van der Waals surface area contributed by atoms with Crippen LogP contribution in [0.25, 0.3) is 10.9 Å². The fourth-order valence-corrected chi connectivity index (χ4v) is 4.63. The molecule has 1 atom stereocenters. The molecule has 0 fully saturated rings. The quantitative estimate of drug-likeness (QED) is 0.339. The Morgan fingerprint density at radius 3 is 2.67 bits per heavy atom. The predicted octanol–water partition coefficient (Wildman–Crippen LogP) is 4.47. The van der Waals surface area contributed by atoms with Crippen molar-refractivity contribution in [2.75, 3.05) is 17.9 Å². The van der Waals surface area contributed by atoms with Gasteiger partial charge in [-0.1, -0.05) is 54.2 Å². The minimum absolute atomic E-state index is 0.0979. The van der Waals surface area contributed by atoms with Gasteiger partial charge in [0.05, 0.1) is 22.7 Å². The van der Waals surface area contributed by atoms with E-state index in [9.17, 15) is 9.59 Å². The van der Waals surface area contributed by atoms with E-state index >= 15 is 0 Å². The molecule has 0 saturated heterocycles. The highest BCUT2D eigenvalue weighted by molar-refractivity contribution is 7.99. The predicted molar refractivity (Wildman–Crippen MR) is 128 cm³/mol. The highest BCUT2D eigenvalue weighted by atomic mass is 32.2. The van der Waals surface area contributed by atoms with E-state index in [2.05, 4.69) is 5.32 Å². The largest absolute Gasteiger partial charge is 0.454 e. The summed E-state index contributed by atoms with van der Waals surface area (Å²) >= 11 is 1.24. The molecule has 7 nitrogen and oxygen atoms in total. The topological polar surface area (TPSA) is 82.5 Å². The fourth-order valence-electron chi connectivity index (χ4n) is 3.75. The number of fused-ring (bicyclic) bond motifs is 2. The van der Waals surface area contributed by atoms with E-state index in [1.165, 1.54) is 11.8 Å². The lowest BCUT2D eigenvalue weighted by Crippen LogP contribution is -2.27. The van der Waals surface area contributed by atoms with Crippen LogP contribution in [0, 0.1) is 0 Å². The Bertz CT molecular complexity index is 1390. The average Bonchev–Trinajstić information content (AvgIpc) is 3.31.